The van der Waals surface area contributed by atoms with Gasteiger partial charge in [0, 0.05) is 26.8 Å². The van der Waals surface area contributed by atoms with Gasteiger partial charge in [0.1, 0.15) is 0 Å². The van der Waals surface area contributed by atoms with Crippen LogP contribution < -0.4 is 5.32 Å². The molecule has 0 aromatic heterocycles. The number of nitrogens with one attached hydrogen (secondary N) is 1. The van der Waals surface area contributed by atoms with Crippen molar-refractivity contribution in [3.05, 3.63) is 0 Å². The van der Waals surface area contributed by atoms with Crippen molar-refractivity contribution in [3.63, 3.8) is 0 Å². The third kappa shape index (κ3) is 7.73. The Morgan fingerprint density at radius 1 is 1.40 bits per heavy atom. The average molecular weight is 217 g/mol. The van der Waals surface area contributed by atoms with Crippen molar-refractivity contribution >= 4 is 0 Å². The van der Waals surface area contributed by atoms with Crippen molar-refractivity contribution in [2.75, 3.05) is 40.0 Å². The van der Waals surface area contributed by atoms with Gasteiger partial charge in [-0.1, -0.05) is 12.8 Å². The van der Waals surface area contributed by atoms with E-state index in [0.717, 1.165) is 25.5 Å². The molecule has 1 aliphatic rings. The third-order valence-electron chi connectivity index (χ3n) is 2.54. The lowest BCUT2D eigenvalue weighted by Crippen LogP contribution is -2.32. The van der Waals surface area contributed by atoms with E-state index in [0.29, 0.717) is 19.8 Å². The molecular weight excluding hydrogens is 194 g/mol. The van der Waals surface area contributed by atoms with Crippen LogP contribution >= 0.6 is 0 Å². The van der Waals surface area contributed by atoms with Crippen LogP contribution in [0.3, 0.4) is 0 Å². The highest BCUT2D eigenvalue weighted by atomic mass is 16.5. The Morgan fingerprint density at radius 2 is 2.20 bits per heavy atom. The molecule has 0 saturated heterocycles. The molecule has 0 aliphatic heterocycles. The summed E-state index contributed by atoms with van der Waals surface area (Å²) in [6.45, 7) is 3.25. The second-order valence-electron chi connectivity index (χ2n) is 4.16. The Labute approximate surface area is 92.0 Å². The number of rotatable bonds is 10. The zero-order valence-corrected chi connectivity index (χ0v) is 9.58. The first-order chi connectivity index (χ1) is 7.33. The van der Waals surface area contributed by atoms with Gasteiger partial charge < -0.3 is 19.9 Å². The Balaban J connectivity index is 1.77. The maximum absolute atomic E-state index is 9.50. The largest absolute Gasteiger partial charge is 0.389 e. The second-order valence-corrected chi connectivity index (χ2v) is 4.16. The van der Waals surface area contributed by atoms with E-state index in [2.05, 4.69) is 5.32 Å². The minimum absolute atomic E-state index is 0.402. The van der Waals surface area contributed by atoms with Gasteiger partial charge in [0.2, 0.25) is 0 Å². The van der Waals surface area contributed by atoms with Crippen molar-refractivity contribution in [3.8, 4) is 0 Å². The molecule has 1 unspecified atom stereocenters. The van der Waals surface area contributed by atoms with Crippen LogP contribution in [-0.2, 0) is 9.47 Å². The summed E-state index contributed by atoms with van der Waals surface area (Å²) in [5.74, 6) is 0.905. The molecule has 1 aliphatic carbocycles. The lowest BCUT2D eigenvalue weighted by atomic mass is 10.3. The van der Waals surface area contributed by atoms with E-state index in [4.69, 9.17) is 9.47 Å². The summed E-state index contributed by atoms with van der Waals surface area (Å²) in [5, 5.41) is 12.6. The van der Waals surface area contributed by atoms with Gasteiger partial charge in [-0.25, -0.2) is 0 Å². The summed E-state index contributed by atoms with van der Waals surface area (Å²) in [5.41, 5.74) is 0. The molecule has 1 fully saturated rings. The molecule has 0 amide bonds. The molecule has 0 bridgehead atoms. The van der Waals surface area contributed by atoms with Crippen LogP contribution in [-0.4, -0.2) is 51.2 Å². The maximum Gasteiger partial charge on any atom is 0.0897 e. The van der Waals surface area contributed by atoms with Gasteiger partial charge in [-0.3, -0.25) is 0 Å². The molecule has 1 saturated carbocycles. The van der Waals surface area contributed by atoms with E-state index in [1.165, 1.54) is 12.8 Å². The molecule has 0 aromatic carbocycles. The molecule has 1 rings (SSSR count). The second kappa shape index (κ2) is 8.05. The molecule has 0 heterocycles. The molecule has 1 atom stereocenters. The lowest BCUT2D eigenvalue weighted by Gasteiger charge is -2.11. The van der Waals surface area contributed by atoms with Gasteiger partial charge in [-0.2, -0.15) is 0 Å². The zero-order valence-electron chi connectivity index (χ0n) is 9.58. The first-order valence-corrected chi connectivity index (χ1v) is 5.78. The van der Waals surface area contributed by atoms with Crippen LogP contribution in [0.4, 0.5) is 0 Å². The van der Waals surface area contributed by atoms with Gasteiger partial charge in [0.05, 0.1) is 19.3 Å². The van der Waals surface area contributed by atoms with Crippen molar-refractivity contribution < 1.29 is 14.6 Å². The highest BCUT2D eigenvalue weighted by molar-refractivity contribution is 4.72. The number of aliphatic hydroxyl groups is 1. The summed E-state index contributed by atoms with van der Waals surface area (Å²) < 4.78 is 10.3. The summed E-state index contributed by atoms with van der Waals surface area (Å²) >= 11 is 0. The molecule has 0 radical (unpaired) electrons. The first kappa shape index (κ1) is 12.9. The van der Waals surface area contributed by atoms with Crippen molar-refractivity contribution in [2.24, 2.45) is 5.92 Å². The van der Waals surface area contributed by atoms with Gasteiger partial charge in [-0.05, 0) is 12.3 Å². The minimum Gasteiger partial charge on any atom is -0.389 e. The fourth-order valence-corrected chi connectivity index (χ4v) is 1.38. The smallest absolute Gasteiger partial charge is 0.0897 e. The van der Waals surface area contributed by atoms with Gasteiger partial charge >= 0.3 is 0 Å². The normalized spacial score (nSPS) is 18.0. The fourth-order valence-electron chi connectivity index (χ4n) is 1.38. The number of hydrogen-bond acceptors (Lipinski definition) is 4. The molecule has 0 aromatic rings. The van der Waals surface area contributed by atoms with Crippen LogP contribution in [0.15, 0.2) is 0 Å². The summed E-state index contributed by atoms with van der Waals surface area (Å²) in [7, 11) is 1.67. The Hall–Kier alpha value is -0.160. The van der Waals surface area contributed by atoms with E-state index < -0.39 is 6.10 Å². The molecule has 2 N–H and O–H groups in total. The quantitative estimate of drug-likeness (QED) is 0.520. The molecule has 90 valence electrons. The van der Waals surface area contributed by atoms with Crippen molar-refractivity contribution in [1.29, 1.82) is 0 Å². The van der Waals surface area contributed by atoms with Crippen LogP contribution in [0.2, 0.25) is 0 Å². The lowest BCUT2D eigenvalue weighted by molar-refractivity contribution is 0.0340. The molecule has 4 nitrogen and oxygen atoms in total. The molecule has 4 heteroatoms. The summed E-state index contributed by atoms with van der Waals surface area (Å²) in [4.78, 5) is 0. The monoisotopic (exact) mass is 217 g/mol. The Morgan fingerprint density at radius 3 is 2.87 bits per heavy atom. The van der Waals surface area contributed by atoms with Crippen molar-refractivity contribution in [2.45, 2.75) is 25.4 Å². The minimum atomic E-state index is -0.402. The fraction of sp³-hybridized carbons (Fsp3) is 1.00. The van der Waals surface area contributed by atoms with E-state index in [-0.39, 0.29) is 0 Å². The Bertz CT molecular complexity index is 151. The maximum atomic E-state index is 9.50. The van der Waals surface area contributed by atoms with Crippen LogP contribution in [0.5, 0.6) is 0 Å². The average Bonchev–Trinajstić information content (AvgIpc) is 3.03. The molecule has 15 heavy (non-hydrogen) atoms. The van der Waals surface area contributed by atoms with E-state index in [1.807, 2.05) is 0 Å². The number of aliphatic hydroxyl groups excluding tert-OH is 1. The topological polar surface area (TPSA) is 50.7 Å². The molecular formula is C11H23NO3. The van der Waals surface area contributed by atoms with E-state index in [9.17, 15) is 5.11 Å². The Kier molecular flexibility index (Phi) is 6.92. The number of hydrogen-bond donors (Lipinski definition) is 2. The summed E-state index contributed by atoms with van der Waals surface area (Å²) in [6, 6.07) is 0. The predicted octanol–water partition coefficient (Wildman–Crippen LogP) is 0.400. The first-order valence-electron chi connectivity index (χ1n) is 5.78. The van der Waals surface area contributed by atoms with Crippen LogP contribution in [0, 0.1) is 5.92 Å². The zero-order chi connectivity index (χ0) is 10.9. The predicted molar refractivity (Wildman–Crippen MR) is 58.9 cm³/mol. The highest BCUT2D eigenvalue weighted by Gasteiger charge is 2.20. The van der Waals surface area contributed by atoms with Crippen LogP contribution in [0.1, 0.15) is 19.3 Å². The SMILES string of the molecule is COCCNCC(O)COCCC1CC1. The number of ether oxygens (including phenoxy) is 2. The standard InChI is InChI=1S/C11H23NO3/c1-14-7-5-12-8-11(13)9-15-6-4-10-2-3-10/h10-13H,2-9H2,1H3. The number of methoxy groups -OCH3 is 1. The molecule has 0 spiro atoms. The summed E-state index contributed by atoms with van der Waals surface area (Å²) in [6.07, 6.45) is 3.49. The van der Waals surface area contributed by atoms with E-state index in [1.54, 1.807) is 7.11 Å². The highest BCUT2D eigenvalue weighted by Crippen LogP contribution is 2.31. The van der Waals surface area contributed by atoms with Gasteiger partial charge in [0.15, 0.2) is 0 Å². The van der Waals surface area contributed by atoms with Crippen molar-refractivity contribution in [1.82, 2.24) is 5.32 Å². The van der Waals surface area contributed by atoms with Crippen LogP contribution in [0.25, 0.3) is 0 Å². The van der Waals surface area contributed by atoms with E-state index >= 15 is 0 Å². The third-order valence-corrected chi connectivity index (χ3v) is 2.54. The van der Waals surface area contributed by atoms with Gasteiger partial charge in [-0.15, -0.1) is 0 Å². The van der Waals surface area contributed by atoms with Gasteiger partial charge in [0.25, 0.3) is 0 Å².